The van der Waals surface area contributed by atoms with Crippen LogP contribution in [0.25, 0.3) is 21.5 Å². The third kappa shape index (κ3) is 4.05. The van der Waals surface area contributed by atoms with E-state index in [1.165, 1.54) is 17.7 Å². The quantitative estimate of drug-likeness (QED) is 0.433. The molecule has 9 heteroatoms. The molecule has 0 spiro atoms. The molecule has 2 amide bonds. The van der Waals surface area contributed by atoms with Crippen LogP contribution in [0.4, 0.5) is 4.79 Å². The molecule has 0 radical (unpaired) electrons. The minimum absolute atomic E-state index is 0.0790. The smallest absolute Gasteiger partial charge is 0.412 e. The number of hydrogen-bond donors (Lipinski definition) is 1. The van der Waals surface area contributed by atoms with E-state index in [1.807, 2.05) is 36.9 Å². The number of nitrogens with one attached hydrogen (secondary N) is 1. The zero-order valence-electron chi connectivity index (χ0n) is 19.4. The summed E-state index contributed by atoms with van der Waals surface area (Å²) >= 11 is 1.54. The van der Waals surface area contributed by atoms with Crippen molar-refractivity contribution in [1.82, 2.24) is 20.2 Å². The SMILES string of the molecule is Cc1cccc(-c2sc(C)nc2C(=O)N2C[C@@H]3C[C@@H]3[C@H]2CNC(=O)Oc2cccc3ncoc23)c1. The van der Waals surface area contributed by atoms with Crippen LogP contribution >= 0.6 is 11.3 Å². The van der Waals surface area contributed by atoms with Crippen LogP contribution in [0.15, 0.2) is 53.3 Å². The molecule has 1 saturated carbocycles. The van der Waals surface area contributed by atoms with Gasteiger partial charge in [-0.1, -0.05) is 35.9 Å². The number of oxazole rings is 1. The summed E-state index contributed by atoms with van der Waals surface area (Å²) in [7, 11) is 0. The number of rotatable bonds is 5. The molecular weight excluding hydrogens is 464 g/mol. The molecule has 8 nitrogen and oxygen atoms in total. The van der Waals surface area contributed by atoms with E-state index in [1.54, 1.807) is 18.2 Å². The molecule has 1 saturated heterocycles. The second-order valence-corrected chi connectivity index (χ2v) is 10.4. The fourth-order valence-corrected chi connectivity index (χ4v) is 5.93. The molecule has 0 bridgehead atoms. The number of aromatic nitrogens is 2. The van der Waals surface area contributed by atoms with Crippen LogP contribution in [-0.4, -0.2) is 46.0 Å². The van der Waals surface area contributed by atoms with Gasteiger partial charge in [-0.15, -0.1) is 11.3 Å². The molecule has 2 aliphatic rings. The number of amides is 2. The Morgan fingerprint density at radius 3 is 2.94 bits per heavy atom. The lowest BCUT2D eigenvalue weighted by atomic mass is 10.1. The minimum Gasteiger partial charge on any atom is -0.440 e. The number of thiazole rings is 1. The van der Waals surface area contributed by atoms with Gasteiger partial charge in [0.15, 0.2) is 17.7 Å². The van der Waals surface area contributed by atoms with Crippen molar-refractivity contribution in [2.45, 2.75) is 26.3 Å². The standard InChI is InChI=1S/C26H24N4O4S/c1-14-5-3-6-16(9-14)24-22(29-15(2)35-24)25(31)30-12-17-10-18(17)20(30)11-27-26(32)34-21-8-4-7-19-23(21)33-13-28-19/h3-9,13,17-18,20H,10-12H2,1-2H3,(H,27,32)/t17-,18-,20+/m0/s1. The third-order valence-electron chi connectivity index (χ3n) is 6.76. The molecule has 1 aliphatic heterocycles. The lowest BCUT2D eigenvalue weighted by Crippen LogP contribution is -2.46. The van der Waals surface area contributed by atoms with Crippen molar-refractivity contribution < 1.29 is 18.7 Å². The molecule has 3 atom stereocenters. The zero-order chi connectivity index (χ0) is 24.1. The van der Waals surface area contributed by atoms with Crippen LogP contribution < -0.4 is 10.1 Å². The highest BCUT2D eigenvalue weighted by Gasteiger charge is 2.54. The summed E-state index contributed by atoms with van der Waals surface area (Å²) in [5.41, 5.74) is 3.67. The summed E-state index contributed by atoms with van der Waals surface area (Å²) in [6.45, 7) is 4.97. The maximum absolute atomic E-state index is 13.7. The number of hydrogen-bond acceptors (Lipinski definition) is 7. The molecule has 6 rings (SSSR count). The summed E-state index contributed by atoms with van der Waals surface area (Å²) in [4.78, 5) is 37.7. The monoisotopic (exact) mass is 488 g/mol. The first-order valence-corrected chi connectivity index (χ1v) is 12.4. The summed E-state index contributed by atoms with van der Waals surface area (Å²) in [5.74, 6) is 1.09. The Bertz CT molecular complexity index is 1440. The Kier molecular flexibility index (Phi) is 5.29. The van der Waals surface area contributed by atoms with Gasteiger partial charge in [-0.3, -0.25) is 4.79 Å². The number of para-hydroxylation sites is 1. The van der Waals surface area contributed by atoms with Gasteiger partial charge < -0.3 is 19.4 Å². The van der Waals surface area contributed by atoms with Crippen molar-refractivity contribution in [2.75, 3.05) is 13.1 Å². The number of fused-ring (bicyclic) bond motifs is 2. The second kappa shape index (κ2) is 8.49. The summed E-state index contributed by atoms with van der Waals surface area (Å²) < 4.78 is 10.8. The largest absolute Gasteiger partial charge is 0.440 e. The van der Waals surface area contributed by atoms with E-state index in [0.717, 1.165) is 27.4 Å². The highest BCUT2D eigenvalue weighted by Crippen LogP contribution is 2.50. The maximum Gasteiger partial charge on any atom is 0.412 e. The number of carbonyl (C=O) groups is 2. The molecule has 4 aromatic rings. The fraction of sp³-hybridized carbons (Fsp3) is 0.308. The van der Waals surface area contributed by atoms with Crippen LogP contribution in [0.5, 0.6) is 5.75 Å². The van der Waals surface area contributed by atoms with Gasteiger partial charge in [-0.25, -0.2) is 14.8 Å². The molecule has 178 valence electrons. The van der Waals surface area contributed by atoms with Crippen LogP contribution in [0.1, 0.15) is 27.5 Å². The Hall–Kier alpha value is -3.72. The number of benzene rings is 2. The van der Waals surface area contributed by atoms with E-state index in [2.05, 4.69) is 21.4 Å². The first kappa shape index (κ1) is 21.8. The first-order chi connectivity index (χ1) is 17.0. The van der Waals surface area contributed by atoms with E-state index in [0.29, 0.717) is 47.5 Å². The van der Waals surface area contributed by atoms with Gasteiger partial charge in [0.25, 0.3) is 5.91 Å². The fourth-order valence-electron chi connectivity index (χ4n) is 5.02. The van der Waals surface area contributed by atoms with Gasteiger partial charge in [-0.05, 0) is 49.8 Å². The average Bonchev–Trinajstić information content (AvgIpc) is 3.16. The molecule has 35 heavy (non-hydrogen) atoms. The molecule has 3 heterocycles. The highest BCUT2D eigenvalue weighted by molar-refractivity contribution is 7.15. The Balaban J connectivity index is 1.18. The van der Waals surface area contributed by atoms with Crippen molar-refractivity contribution in [3.8, 4) is 16.2 Å². The number of nitrogens with zero attached hydrogens (tertiary/aromatic N) is 3. The topological polar surface area (TPSA) is 97.6 Å². The van der Waals surface area contributed by atoms with E-state index < -0.39 is 6.09 Å². The van der Waals surface area contributed by atoms with Gasteiger partial charge in [0.2, 0.25) is 0 Å². The Morgan fingerprint density at radius 1 is 1.23 bits per heavy atom. The molecule has 2 fully saturated rings. The molecule has 1 aliphatic carbocycles. The number of piperidine rings is 1. The van der Waals surface area contributed by atoms with Crippen LogP contribution in [0.3, 0.4) is 0 Å². The lowest BCUT2D eigenvalue weighted by Gasteiger charge is -2.27. The molecule has 0 unspecified atom stereocenters. The molecule has 1 N–H and O–H groups in total. The Morgan fingerprint density at radius 2 is 2.09 bits per heavy atom. The van der Waals surface area contributed by atoms with Gasteiger partial charge in [0.05, 0.1) is 15.9 Å². The number of aryl methyl sites for hydroxylation is 2. The normalized spacial score (nSPS) is 20.6. The number of likely N-dealkylation sites (tertiary alicyclic amines) is 1. The van der Waals surface area contributed by atoms with E-state index in [4.69, 9.17) is 9.15 Å². The minimum atomic E-state index is -0.588. The predicted octanol–water partition coefficient (Wildman–Crippen LogP) is 4.82. The van der Waals surface area contributed by atoms with Crippen LogP contribution in [-0.2, 0) is 0 Å². The summed E-state index contributed by atoms with van der Waals surface area (Å²) in [5, 5.41) is 3.70. The van der Waals surface area contributed by atoms with E-state index in [9.17, 15) is 9.59 Å². The van der Waals surface area contributed by atoms with Crippen LogP contribution in [0.2, 0.25) is 0 Å². The van der Waals surface area contributed by atoms with Gasteiger partial charge >= 0.3 is 6.09 Å². The van der Waals surface area contributed by atoms with Gasteiger partial charge in [-0.2, -0.15) is 0 Å². The van der Waals surface area contributed by atoms with Crippen molar-refractivity contribution in [3.05, 3.63) is 65.1 Å². The van der Waals surface area contributed by atoms with Crippen molar-refractivity contribution >= 4 is 34.4 Å². The van der Waals surface area contributed by atoms with Crippen molar-refractivity contribution in [1.29, 1.82) is 0 Å². The van der Waals surface area contributed by atoms with E-state index >= 15 is 0 Å². The zero-order valence-corrected chi connectivity index (χ0v) is 20.2. The molecule has 2 aromatic heterocycles. The molecule has 2 aromatic carbocycles. The van der Waals surface area contributed by atoms with Crippen molar-refractivity contribution in [3.63, 3.8) is 0 Å². The van der Waals surface area contributed by atoms with Gasteiger partial charge in [0.1, 0.15) is 11.2 Å². The average molecular weight is 489 g/mol. The number of carbonyl (C=O) groups excluding carboxylic acids is 2. The predicted molar refractivity (Wildman–Crippen MR) is 131 cm³/mol. The summed E-state index contributed by atoms with van der Waals surface area (Å²) in [6.07, 6.45) is 1.80. The second-order valence-electron chi connectivity index (χ2n) is 9.19. The summed E-state index contributed by atoms with van der Waals surface area (Å²) in [6, 6.07) is 13.2. The third-order valence-corrected chi connectivity index (χ3v) is 7.78. The lowest BCUT2D eigenvalue weighted by molar-refractivity contribution is 0.0700. The first-order valence-electron chi connectivity index (χ1n) is 11.6. The molecular formula is C26H24N4O4S. The number of ether oxygens (including phenoxy) is 1. The highest BCUT2D eigenvalue weighted by atomic mass is 32.1. The Labute approximate surface area is 205 Å². The van der Waals surface area contributed by atoms with E-state index in [-0.39, 0.29) is 11.9 Å². The maximum atomic E-state index is 13.7. The van der Waals surface area contributed by atoms with Gasteiger partial charge in [0, 0.05) is 13.1 Å². The van der Waals surface area contributed by atoms with Crippen LogP contribution in [0, 0.1) is 25.7 Å². The van der Waals surface area contributed by atoms with Crippen molar-refractivity contribution in [2.24, 2.45) is 11.8 Å².